The van der Waals surface area contributed by atoms with Crippen molar-refractivity contribution in [3.8, 4) is 16.9 Å². The average molecular weight is 499 g/mol. The van der Waals surface area contributed by atoms with Crippen LogP contribution in [0.5, 0.6) is 5.75 Å². The molecule has 2 aliphatic rings. The molecular weight excluding hydrogens is 466 g/mol. The third kappa shape index (κ3) is 5.97. The number of halogens is 6. The van der Waals surface area contributed by atoms with E-state index in [1.54, 1.807) is 6.07 Å². The minimum Gasteiger partial charge on any atom is -0.425 e. The molecule has 0 radical (unpaired) electrons. The lowest BCUT2D eigenvalue weighted by molar-refractivity contribution is -0.254. The smallest absolute Gasteiger partial charge is 0.425 e. The van der Waals surface area contributed by atoms with Gasteiger partial charge < -0.3 is 4.74 Å². The van der Waals surface area contributed by atoms with Gasteiger partial charge in [-0.25, -0.2) is 8.78 Å². The van der Waals surface area contributed by atoms with Crippen molar-refractivity contribution in [1.82, 2.24) is 0 Å². The largest absolute Gasteiger partial charge is 0.461 e. The van der Waals surface area contributed by atoms with E-state index >= 15 is 4.39 Å². The van der Waals surface area contributed by atoms with Crippen molar-refractivity contribution >= 4 is 0 Å². The molecule has 4 unspecified atom stereocenters. The van der Waals surface area contributed by atoms with Gasteiger partial charge in [0.05, 0.1) is 0 Å². The van der Waals surface area contributed by atoms with E-state index in [4.69, 9.17) is 0 Å². The Morgan fingerprint density at radius 3 is 2.34 bits per heavy atom. The maximum atomic E-state index is 15.0. The molecule has 1 nitrogen and oxygen atoms in total. The molecule has 2 aromatic carbocycles. The van der Waals surface area contributed by atoms with Crippen LogP contribution in [0.25, 0.3) is 11.1 Å². The lowest BCUT2D eigenvalue weighted by atomic mass is 9.63. The van der Waals surface area contributed by atoms with Crippen molar-refractivity contribution < 1.29 is 31.1 Å². The first-order valence-corrected chi connectivity index (χ1v) is 12.6. The van der Waals surface area contributed by atoms with Crippen molar-refractivity contribution in [2.24, 2.45) is 17.8 Å². The first-order valence-electron chi connectivity index (χ1n) is 12.6. The van der Waals surface area contributed by atoms with Crippen molar-refractivity contribution in [3.05, 3.63) is 53.6 Å². The molecule has 2 aliphatic carbocycles. The minimum atomic E-state index is -4.82. The summed E-state index contributed by atoms with van der Waals surface area (Å²) in [4.78, 5) is 0. The molecule has 7 heteroatoms. The molecule has 35 heavy (non-hydrogen) atoms. The van der Waals surface area contributed by atoms with E-state index in [2.05, 4.69) is 11.7 Å². The molecule has 0 amide bonds. The monoisotopic (exact) mass is 498 g/mol. The number of rotatable bonds is 8. The lowest BCUT2D eigenvalue weighted by Gasteiger charge is -2.42. The maximum Gasteiger partial charge on any atom is 0.461 e. The summed E-state index contributed by atoms with van der Waals surface area (Å²) in [5, 5.41) is 0. The third-order valence-corrected chi connectivity index (χ3v) is 7.90. The molecule has 2 fully saturated rings. The molecule has 0 aromatic heterocycles. The molecule has 0 heterocycles. The summed E-state index contributed by atoms with van der Waals surface area (Å²) in [7, 11) is 0. The molecule has 192 valence electrons. The van der Waals surface area contributed by atoms with Gasteiger partial charge in [-0.1, -0.05) is 50.8 Å². The second-order valence-electron chi connectivity index (χ2n) is 10.2. The molecular formula is C28H32F6O. The first kappa shape index (κ1) is 25.9. The van der Waals surface area contributed by atoms with E-state index in [-0.39, 0.29) is 17.0 Å². The number of benzene rings is 2. The van der Waals surface area contributed by atoms with Gasteiger partial charge in [0.2, 0.25) is 0 Å². The molecule has 0 spiro atoms. The fourth-order valence-electron chi connectivity index (χ4n) is 6.01. The lowest BCUT2D eigenvalue weighted by Crippen LogP contribution is -2.33. The Morgan fingerprint density at radius 2 is 1.66 bits per heavy atom. The topological polar surface area (TPSA) is 9.23 Å². The molecule has 2 saturated carbocycles. The Bertz CT molecular complexity index is 1010. The second-order valence-corrected chi connectivity index (χ2v) is 10.2. The van der Waals surface area contributed by atoms with E-state index < -0.39 is 29.9 Å². The predicted molar refractivity (Wildman–Crippen MR) is 124 cm³/mol. The van der Waals surface area contributed by atoms with Crippen LogP contribution in [-0.2, 0) is 0 Å². The van der Waals surface area contributed by atoms with Crippen LogP contribution >= 0.6 is 0 Å². The normalized spacial score (nSPS) is 24.9. The van der Waals surface area contributed by atoms with Crippen LogP contribution in [0.4, 0.5) is 26.3 Å². The van der Waals surface area contributed by atoms with Crippen LogP contribution in [0.2, 0.25) is 0 Å². The van der Waals surface area contributed by atoms with Gasteiger partial charge in [-0.3, -0.25) is 0 Å². The van der Waals surface area contributed by atoms with E-state index in [1.807, 2.05) is 6.07 Å². The highest BCUT2D eigenvalue weighted by Crippen LogP contribution is 2.48. The standard InChI is InChI=1S/C28H32F6O/c1-2-3-4-17-5-6-19-14-20(8-7-18(19)13-17)21-9-11-23(24(29)15-21)22-10-12-26(25(30)16-22)35-28(33,34)27(31)32/h9-12,15-20,27H,2-8,13-14H2,1H3. The average Bonchev–Trinajstić information content (AvgIpc) is 2.83. The number of hydrogen-bond donors (Lipinski definition) is 0. The molecule has 0 bridgehead atoms. The number of unbranched alkanes of at least 4 members (excludes halogenated alkanes) is 1. The summed E-state index contributed by atoms with van der Waals surface area (Å²) >= 11 is 0. The summed E-state index contributed by atoms with van der Waals surface area (Å²) in [6.45, 7) is 2.24. The summed E-state index contributed by atoms with van der Waals surface area (Å²) in [6.07, 6.45) is 2.06. The van der Waals surface area contributed by atoms with E-state index in [0.29, 0.717) is 5.92 Å². The van der Waals surface area contributed by atoms with Crippen molar-refractivity contribution in [2.75, 3.05) is 0 Å². The molecule has 2 aromatic rings. The van der Waals surface area contributed by atoms with Crippen LogP contribution in [0, 0.1) is 29.4 Å². The van der Waals surface area contributed by atoms with Crippen LogP contribution in [0.1, 0.15) is 76.2 Å². The first-order chi connectivity index (χ1) is 16.7. The Hall–Kier alpha value is -2.18. The Labute approximate surface area is 202 Å². The zero-order valence-corrected chi connectivity index (χ0v) is 19.9. The Morgan fingerprint density at radius 1 is 0.914 bits per heavy atom. The van der Waals surface area contributed by atoms with Gasteiger partial charge in [0.1, 0.15) is 5.82 Å². The van der Waals surface area contributed by atoms with Crippen molar-refractivity contribution in [1.29, 1.82) is 0 Å². The Kier molecular flexibility index (Phi) is 8.02. The quantitative estimate of drug-likeness (QED) is 0.330. The number of ether oxygens (including phenoxy) is 1. The zero-order chi connectivity index (χ0) is 25.2. The highest BCUT2D eigenvalue weighted by Gasteiger charge is 2.44. The van der Waals surface area contributed by atoms with Gasteiger partial charge in [0.15, 0.2) is 11.6 Å². The summed E-state index contributed by atoms with van der Waals surface area (Å²) in [5.41, 5.74) is 1.16. The van der Waals surface area contributed by atoms with Crippen LogP contribution in [-0.4, -0.2) is 12.5 Å². The number of alkyl halides is 4. The molecule has 0 aliphatic heterocycles. The van der Waals surface area contributed by atoms with Gasteiger partial charge in [0.25, 0.3) is 0 Å². The zero-order valence-electron chi connectivity index (χ0n) is 19.9. The summed E-state index contributed by atoms with van der Waals surface area (Å²) in [5.74, 6) is -0.218. The van der Waals surface area contributed by atoms with Crippen LogP contribution in [0.15, 0.2) is 36.4 Å². The third-order valence-electron chi connectivity index (χ3n) is 7.90. The number of hydrogen-bond acceptors (Lipinski definition) is 1. The minimum absolute atomic E-state index is 0.116. The van der Waals surface area contributed by atoms with Gasteiger partial charge >= 0.3 is 12.5 Å². The molecule has 4 rings (SSSR count). The maximum absolute atomic E-state index is 15.0. The van der Waals surface area contributed by atoms with Crippen LogP contribution in [0.3, 0.4) is 0 Å². The van der Waals surface area contributed by atoms with Gasteiger partial charge in [-0.15, -0.1) is 0 Å². The number of fused-ring (bicyclic) bond motifs is 1. The SMILES string of the molecule is CCCCC1CCC2CC(c3ccc(-c4ccc(OC(F)(F)C(F)F)c(F)c4)c(F)c3)CCC2C1. The van der Waals surface area contributed by atoms with E-state index in [1.165, 1.54) is 50.7 Å². The predicted octanol–water partition coefficient (Wildman–Crippen LogP) is 9.36. The van der Waals surface area contributed by atoms with Gasteiger partial charge in [-0.05, 0) is 85.1 Å². The summed E-state index contributed by atoms with van der Waals surface area (Å²) in [6, 6.07) is 7.72. The van der Waals surface area contributed by atoms with E-state index in [0.717, 1.165) is 48.8 Å². The van der Waals surface area contributed by atoms with Gasteiger partial charge in [0, 0.05) is 5.56 Å². The van der Waals surface area contributed by atoms with Crippen molar-refractivity contribution in [3.63, 3.8) is 0 Å². The van der Waals surface area contributed by atoms with Crippen LogP contribution < -0.4 is 4.74 Å². The van der Waals surface area contributed by atoms with E-state index in [9.17, 15) is 22.0 Å². The van der Waals surface area contributed by atoms with Gasteiger partial charge in [-0.2, -0.15) is 17.6 Å². The van der Waals surface area contributed by atoms with Crippen molar-refractivity contribution in [2.45, 2.75) is 83.2 Å². The second kappa shape index (κ2) is 10.8. The highest BCUT2D eigenvalue weighted by molar-refractivity contribution is 5.65. The summed E-state index contributed by atoms with van der Waals surface area (Å²) < 4.78 is 84.0. The highest BCUT2D eigenvalue weighted by atomic mass is 19.3. The fourth-order valence-corrected chi connectivity index (χ4v) is 6.01. The molecule has 0 N–H and O–H groups in total. The Balaban J connectivity index is 1.43. The fraction of sp³-hybridized carbons (Fsp3) is 0.571. The molecule has 0 saturated heterocycles. The molecule has 4 atom stereocenters.